The number of amides is 1. The van der Waals surface area contributed by atoms with Crippen molar-refractivity contribution in [3.8, 4) is 17.0 Å². The predicted octanol–water partition coefficient (Wildman–Crippen LogP) is 2.38. The zero-order valence-electron chi connectivity index (χ0n) is 16.0. The van der Waals surface area contributed by atoms with Crippen LogP contribution in [0.2, 0.25) is 0 Å². The molecule has 0 radical (unpaired) electrons. The quantitative estimate of drug-likeness (QED) is 0.552. The molecule has 0 saturated heterocycles. The summed E-state index contributed by atoms with van der Waals surface area (Å²) in [6, 6.07) is 5.43. The highest BCUT2D eigenvalue weighted by atomic mass is 16.5. The van der Waals surface area contributed by atoms with Gasteiger partial charge in [-0.25, -0.2) is 4.52 Å². The first-order chi connectivity index (χ1) is 13.9. The molecule has 1 aliphatic heterocycles. The van der Waals surface area contributed by atoms with Gasteiger partial charge < -0.3 is 15.4 Å². The summed E-state index contributed by atoms with van der Waals surface area (Å²) in [6.45, 7) is 3.46. The minimum absolute atomic E-state index is 0.194. The number of aryl methyl sites for hydroxylation is 1. The Labute approximate surface area is 165 Å². The molecule has 0 aliphatic carbocycles. The Hall–Kier alpha value is -3.95. The van der Waals surface area contributed by atoms with Gasteiger partial charge in [-0.05, 0) is 32.0 Å². The molecule has 4 aromatic rings. The van der Waals surface area contributed by atoms with Gasteiger partial charge in [-0.3, -0.25) is 14.5 Å². The smallest absolute Gasteiger partial charge is 0.268 e. The fourth-order valence-electron chi connectivity index (χ4n) is 3.14. The normalized spacial score (nSPS) is 14.9. The minimum atomic E-state index is -0.902. The van der Waals surface area contributed by atoms with Crippen molar-refractivity contribution in [3.05, 3.63) is 43.0 Å². The van der Waals surface area contributed by atoms with Crippen molar-refractivity contribution >= 4 is 28.9 Å². The molecule has 0 spiro atoms. The molecular weight excluding hydrogens is 372 g/mol. The van der Waals surface area contributed by atoms with Crippen LogP contribution in [0.25, 0.3) is 16.9 Å². The Bertz CT molecular complexity index is 1260. The number of anilines is 3. The minimum Gasteiger partial charge on any atom is -0.476 e. The number of hydrogen-bond acceptors (Lipinski definition) is 7. The van der Waals surface area contributed by atoms with Crippen LogP contribution >= 0.6 is 0 Å². The first-order valence-electron chi connectivity index (χ1n) is 9.01. The van der Waals surface area contributed by atoms with Gasteiger partial charge in [0.2, 0.25) is 5.95 Å². The van der Waals surface area contributed by atoms with E-state index in [1.807, 2.05) is 19.3 Å². The van der Waals surface area contributed by atoms with Crippen molar-refractivity contribution in [2.75, 3.05) is 10.6 Å². The maximum atomic E-state index is 12.1. The Kier molecular flexibility index (Phi) is 3.57. The third kappa shape index (κ3) is 2.94. The summed E-state index contributed by atoms with van der Waals surface area (Å²) in [4.78, 5) is 21.1. The summed E-state index contributed by atoms with van der Waals surface area (Å²) in [7, 11) is 1.85. The fourth-order valence-corrected chi connectivity index (χ4v) is 3.14. The van der Waals surface area contributed by atoms with Crippen molar-refractivity contribution in [1.29, 1.82) is 0 Å². The van der Waals surface area contributed by atoms with E-state index in [1.165, 1.54) is 0 Å². The van der Waals surface area contributed by atoms with Crippen molar-refractivity contribution in [1.82, 2.24) is 29.4 Å². The third-order valence-electron chi connectivity index (χ3n) is 4.63. The maximum Gasteiger partial charge on any atom is 0.268 e. The molecule has 1 amide bonds. The number of aromatic nitrogens is 6. The molecule has 1 aromatic carbocycles. The van der Waals surface area contributed by atoms with Gasteiger partial charge in [-0.15, -0.1) is 5.10 Å². The summed E-state index contributed by atoms with van der Waals surface area (Å²) in [5, 5.41) is 14.7. The molecule has 29 heavy (non-hydrogen) atoms. The molecule has 0 unspecified atom stereocenters. The first-order valence-corrected chi connectivity index (χ1v) is 9.01. The van der Waals surface area contributed by atoms with Gasteiger partial charge in [0, 0.05) is 36.9 Å². The predicted molar refractivity (Wildman–Crippen MR) is 106 cm³/mol. The number of nitrogens with one attached hydrogen (secondary N) is 2. The third-order valence-corrected chi connectivity index (χ3v) is 4.63. The van der Waals surface area contributed by atoms with Crippen LogP contribution in [0.1, 0.15) is 13.8 Å². The molecule has 10 nitrogen and oxygen atoms in total. The maximum absolute atomic E-state index is 12.1. The van der Waals surface area contributed by atoms with E-state index in [9.17, 15) is 4.79 Å². The monoisotopic (exact) mass is 390 g/mol. The van der Waals surface area contributed by atoms with E-state index >= 15 is 0 Å². The number of carbonyl (C=O) groups excluding carboxylic acids is 1. The highest BCUT2D eigenvalue weighted by Gasteiger charge is 2.35. The van der Waals surface area contributed by atoms with Gasteiger partial charge in [-0.2, -0.15) is 10.1 Å². The molecule has 146 valence electrons. The molecule has 0 atom stereocenters. The SMILES string of the molecule is Cn1cc(-c2nccn3nc(Nc4ccc5c(c4)NC(=O)C(C)(C)O5)nc23)cn1. The number of carbonyl (C=O) groups is 1. The summed E-state index contributed by atoms with van der Waals surface area (Å²) in [5.74, 6) is 0.831. The molecule has 0 bridgehead atoms. The second-order valence-electron chi connectivity index (χ2n) is 7.28. The van der Waals surface area contributed by atoms with Crippen LogP contribution in [-0.4, -0.2) is 40.9 Å². The standard InChI is InChI=1S/C19H18N8O2/c1-19(2)17(28)23-13-8-12(4-5-14(13)29-19)22-18-24-16-15(11-9-21-26(3)10-11)20-6-7-27(16)25-18/h4-10H,1-3H3,(H,22,25)(H,23,28). The molecular formula is C19H18N8O2. The van der Waals surface area contributed by atoms with E-state index in [-0.39, 0.29) is 5.91 Å². The van der Waals surface area contributed by atoms with Crippen LogP contribution in [0.15, 0.2) is 43.0 Å². The molecule has 2 N–H and O–H groups in total. The van der Waals surface area contributed by atoms with Crippen LogP contribution in [0.4, 0.5) is 17.3 Å². The average Bonchev–Trinajstić information content (AvgIpc) is 3.28. The lowest BCUT2D eigenvalue weighted by atomic mass is 10.1. The van der Waals surface area contributed by atoms with Gasteiger partial charge in [-0.1, -0.05) is 0 Å². The van der Waals surface area contributed by atoms with Gasteiger partial charge >= 0.3 is 0 Å². The van der Waals surface area contributed by atoms with Gasteiger partial charge in [0.25, 0.3) is 5.91 Å². The fraction of sp³-hybridized carbons (Fsp3) is 0.211. The summed E-state index contributed by atoms with van der Waals surface area (Å²) in [5.41, 5.74) is 2.57. The number of nitrogens with zero attached hydrogens (tertiary/aromatic N) is 6. The molecule has 3 aromatic heterocycles. The van der Waals surface area contributed by atoms with E-state index in [0.29, 0.717) is 28.7 Å². The summed E-state index contributed by atoms with van der Waals surface area (Å²) in [6.07, 6.45) is 7.01. The summed E-state index contributed by atoms with van der Waals surface area (Å²) >= 11 is 0. The second kappa shape index (κ2) is 6.03. The second-order valence-corrected chi connectivity index (χ2v) is 7.28. The van der Waals surface area contributed by atoms with Crippen LogP contribution in [0.3, 0.4) is 0 Å². The van der Waals surface area contributed by atoms with Gasteiger partial charge in [0.1, 0.15) is 11.4 Å². The molecule has 1 aliphatic rings. The van der Waals surface area contributed by atoms with Crippen LogP contribution < -0.4 is 15.4 Å². The average molecular weight is 390 g/mol. The Morgan fingerprint density at radius 3 is 2.93 bits per heavy atom. The number of hydrogen-bond donors (Lipinski definition) is 2. The Balaban J connectivity index is 1.47. The molecule has 10 heteroatoms. The Morgan fingerprint density at radius 1 is 1.28 bits per heavy atom. The van der Waals surface area contributed by atoms with Crippen LogP contribution in [0, 0.1) is 0 Å². The van der Waals surface area contributed by atoms with Crippen LogP contribution in [-0.2, 0) is 11.8 Å². The number of benzene rings is 1. The largest absolute Gasteiger partial charge is 0.476 e. The van der Waals surface area contributed by atoms with Gasteiger partial charge in [0.15, 0.2) is 11.2 Å². The van der Waals surface area contributed by atoms with Crippen molar-refractivity contribution < 1.29 is 9.53 Å². The van der Waals surface area contributed by atoms with E-state index in [0.717, 1.165) is 11.3 Å². The van der Waals surface area contributed by atoms with E-state index < -0.39 is 5.60 Å². The van der Waals surface area contributed by atoms with E-state index in [4.69, 9.17) is 4.74 Å². The lowest BCUT2D eigenvalue weighted by Gasteiger charge is -2.31. The highest BCUT2D eigenvalue weighted by molar-refractivity contribution is 6.00. The van der Waals surface area contributed by atoms with Gasteiger partial charge in [0.05, 0.1) is 11.9 Å². The topological polar surface area (TPSA) is 111 Å². The lowest BCUT2D eigenvalue weighted by molar-refractivity contribution is -0.129. The zero-order valence-corrected chi connectivity index (χ0v) is 16.0. The molecule has 4 heterocycles. The number of ether oxygens (including phenoxy) is 1. The van der Waals surface area contributed by atoms with Crippen molar-refractivity contribution in [3.63, 3.8) is 0 Å². The van der Waals surface area contributed by atoms with Crippen LogP contribution in [0.5, 0.6) is 5.75 Å². The molecule has 5 rings (SSSR count). The molecule has 0 saturated carbocycles. The van der Waals surface area contributed by atoms with Crippen molar-refractivity contribution in [2.24, 2.45) is 7.05 Å². The number of fused-ring (bicyclic) bond motifs is 2. The zero-order chi connectivity index (χ0) is 20.2. The Morgan fingerprint density at radius 2 is 2.14 bits per heavy atom. The van der Waals surface area contributed by atoms with Crippen molar-refractivity contribution in [2.45, 2.75) is 19.4 Å². The highest BCUT2D eigenvalue weighted by Crippen LogP contribution is 2.36. The molecule has 0 fully saturated rings. The first kappa shape index (κ1) is 17.2. The van der Waals surface area contributed by atoms with E-state index in [1.54, 1.807) is 53.8 Å². The van der Waals surface area contributed by atoms with E-state index in [2.05, 4.69) is 30.8 Å². The summed E-state index contributed by atoms with van der Waals surface area (Å²) < 4.78 is 9.13. The number of rotatable bonds is 3. The lowest BCUT2D eigenvalue weighted by Crippen LogP contribution is -2.45.